The number of pyridine rings is 1. The number of amides is 1. The zero-order chi connectivity index (χ0) is 22.0. The SMILES string of the molecule is CC(=O)N1C[C@H](c2nc(Nc3cc(C)nc(F)c3)cc(-c3cnccn3)n2)CC[C@@H]1C. The summed E-state index contributed by atoms with van der Waals surface area (Å²) >= 11 is 0. The average Bonchev–Trinajstić information content (AvgIpc) is 2.73. The summed E-state index contributed by atoms with van der Waals surface area (Å²) in [7, 11) is 0. The second kappa shape index (κ2) is 8.71. The van der Waals surface area contributed by atoms with Crippen LogP contribution in [0.1, 0.15) is 44.1 Å². The van der Waals surface area contributed by atoms with Crippen LogP contribution in [-0.4, -0.2) is 48.3 Å². The molecule has 0 saturated carbocycles. The van der Waals surface area contributed by atoms with Crippen LogP contribution < -0.4 is 5.32 Å². The first-order valence-corrected chi connectivity index (χ1v) is 10.2. The average molecular weight is 421 g/mol. The fraction of sp³-hybridized carbons (Fsp3) is 0.364. The van der Waals surface area contributed by atoms with Crippen molar-refractivity contribution < 1.29 is 9.18 Å². The summed E-state index contributed by atoms with van der Waals surface area (Å²) in [6.45, 7) is 5.93. The van der Waals surface area contributed by atoms with Crippen LogP contribution >= 0.6 is 0 Å². The van der Waals surface area contributed by atoms with Crippen molar-refractivity contribution in [1.29, 1.82) is 0 Å². The zero-order valence-electron chi connectivity index (χ0n) is 17.7. The molecule has 4 rings (SSSR count). The highest BCUT2D eigenvalue weighted by Crippen LogP contribution is 2.31. The molecule has 0 aliphatic carbocycles. The Morgan fingerprint density at radius 1 is 1.13 bits per heavy atom. The summed E-state index contributed by atoms with van der Waals surface area (Å²) in [6.07, 6.45) is 6.58. The summed E-state index contributed by atoms with van der Waals surface area (Å²) in [5.74, 6) is 0.611. The van der Waals surface area contributed by atoms with Crippen molar-refractivity contribution in [3.8, 4) is 11.4 Å². The molecule has 3 aromatic rings. The molecule has 4 heterocycles. The van der Waals surface area contributed by atoms with E-state index in [0.717, 1.165) is 12.8 Å². The molecule has 0 radical (unpaired) electrons. The first-order chi connectivity index (χ1) is 14.9. The van der Waals surface area contributed by atoms with E-state index in [-0.39, 0.29) is 17.9 Å². The minimum absolute atomic E-state index is 0.00631. The van der Waals surface area contributed by atoms with E-state index >= 15 is 0 Å². The molecule has 1 aliphatic rings. The van der Waals surface area contributed by atoms with Gasteiger partial charge in [-0.1, -0.05) is 0 Å². The number of carbonyl (C=O) groups excluding carboxylic acids is 1. The number of hydrogen-bond donors (Lipinski definition) is 1. The van der Waals surface area contributed by atoms with Crippen LogP contribution in [0.25, 0.3) is 11.4 Å². The van der Waals surface area contributed by atoms with E-state index in [2.05, 4.69) is 27.2 Å². The number of halogens is 1. The van der Waals surface area contributed by atoms with Crippen LogP contribution in [0.3, 0.4) is 0 Å². The first-order valence-electron chi connectivity index (χ1n) is 10.2. The fourth-order valence-electron chi connectivity index (χ4n) is 3.88. The van der Waals surface area contributed by atoms with E-state index in [4.69, 9.17) is 9.97 Å². The number of hydrogen-bond acceptors (Lipinski definition) is 7. The fourth-order valence-corrected chi connectivity index (χ4v) is 3.88. The first kappa shape index (κ1) is 20.8. The van der Waals surface area contributed by atoms with Crippen molar-refractivity contribution in [2.24, 2.45) is 0 Å². The minimum atomic E-state index is -0.565. The maximum Gasteiger partial charge on any atom is 0.219 e. The van der Waals surface area contributed by atoms with Crippen molar-refractivity contribution in [2.75, 3.05) is 11.9 Å². The molecule has 1 fully saturated rings. The Morgan fingerprint density at radius 2 is 1.97 bits per heavy atom. The molecule has 31 heavy (non-hydrogen) atoms. The molecular formula is C22H24FN7O. The molecule has 2 atom stereocenters. The van der Waals surface area contributed by atoms with Crippen LogP contribution in [-0.2, 0) is 4.79 Å². The maximum atomic E-state index is 13.8. The zero-order valence-corrected chi connectivity index (χ0v) is 17.7. The van der Waals surface area contributed by atoms with Crippen molar-refractivity contribution in [2.45, 2.75) is 45.6 Å². The number of nitrogens with one attached hydrogen (secondary N) is 1. The molecule has 0 bridgehead atoms. The number of likely N-dealkylation sites (tertiary alicyclic amines) is 1. The number of aryl methyl sites for hydroxylation is 1. The maximum absolute atomic E-state index is 13.8. The van der Waals surface area contributed by atoms with Crippen molar-refractivity contribution in [3.05, 3.63) is 54.3 Å². The molecule has 1 aliphatic heterocycles. The predicted molar refractivity (Wildman–Crippen MR) is 114 cm³/mol. The van der Waals surface area contributed by atoms with E-state index < -0.39 is 5.95 Å². The van der Waals surface area contributed by atoms with Crippen LogP contribution in [0.15, 0.2) is 36.8 Å². The minimum Gasteiger partial charge on any atom is -0.340 e. The Morgan fingerprint density at radius 3 is 2.68 bits per heavy atom. The van der Waals surface area contributed by atoms with Crippen LogP contribution in [0.2, 0.25) is 0 Å². The van der Waals surface area contributed by atoms with E-state index in [1.807, 2.05) is 4.90 Å². The Labute approximate surface area is 180 Å². The molecule has 0 aromatic carbocycles. The molecule has 8 nitrogen and oxygen atoms in total. The number of rotatable bonds is 4. The van der Waals surface area contributed by atoms with Gasteiger partial charge in [-0.25, -0.2) is 15.0 Å². The van der Waals surface area contributed by atoms with Crippen molar-refractivity contribution in [1.82, 2.24) is 29.8 Å². The summed E-state index contributed by atoms with van der Waals surface area (Å²) in [4.78, 5) is 35.6. The largest absolute Gasteiger partial charge is 0.340 e. The molecule has 9 heteroatoms. The van der Waals surface area contributed by atoms with Gasteiger partial charge in [0.15, 0.2) is 0 Å². The third kappa shape index (κ3) is 4.82. The molecule has 160 valence electrons. The second-order valence-electron chi connectivity index (χ2n) is 7.83. The summed E-state index contributed by atoms with van der Waals surface area (Å²) in [5.41, 5.74) is 2.32. The molecule has 1 amide bonds. The van der Waals surface area contributed by atoms with E-state index in [1.54, 1.807) is 44.6 Å². The molecular weight excluding hydrogens is 397 g/mol. The van der Waals surface area contributed by atoms with Gasteiger partial charge < -0.3 is 10.2 Å². The second-order valence-corrected chi connectivity index (χ2v) is 7.83. The highest BCUT2D eigenvalue weighted by Gasteiger charge is 2.30. The Bertz CT molecular complexity index is 1070. The van der Waals surface area contributed by atoms with Crippen molar-refractivity contribution >= 4 is 17.4 Å². The Kier molecular flexibility index (Phi) is 5.83. The monoisotopic (exact) mass is 421 g/mol. The Hall–Kier alpha value is -3.49. The third-order valence-corrected chi connectivity index (χ3v) is 5.42. The molecule has 3 aromatic heterocycles. The van der Waals surface area contributed by atoms with Crippen LogP contribution in [0.4, 0.5) is 15.9 Å². The van der Waals surface area contributed by atoms with Gasteiger partial charge in [0.05, 0.1) is 11.9 Å². The van der Waals surface area contributed by atoms with Gasteiger partial charge in [-0.3, -0.25) is 14.8 Å². The molecule has 1 N–H and O–H groups in total. The predicted octanol–water partition coefficient (Wildman–Crippen LogP) is 3.63. The quantitative estimate of drug-likeness (QED) is 0.643. The number of aromatic nitrogens is 5. The smallest absolute Gasteiger partial charge is 0.219 e. The van der Waals surface area contributed by atoms with E-state index in [0.29, 0.717) is 41.0 Å². The highest BCUT2D eigenvalue weighted by atomic mass is 19.1. The summed E-state index contributed by atoms with van der Waals surface area (Å²) in [5, 5.41) is 3.16. The van der Waals surface area contributed by atoms with Gasteiger partial charge in [-0.15, -0.1) is 0 Å². The number of anilines is 2. The van der Waals surface area contributed by atoms with Gasteiger partial charge >= 0.3 is 0 Å². The number of piperidine rings is 1. The van der Waals surface area contributed by atoms with Gasteiger partial charge in [-0.2, -0.15) is 4.39 Å². The van der Waals surface area contributed by atoms with Gasteiger partial charge in [0.25, 0.3) is 0 Å². The number of nitrogens with zero attached hydrogens (tertiary/aromatic N) is 6. The molecule has 0 spiro atoms. The topological polar surface area (TPSA) is 96.8 Å². The van der Waals surface area contributed by atoms with E-state index in [1.165, 1.54) is 6.07 Å². The molecule has 0 unspecified atom stereocenters. The highest BCUT2D eigenvalue weighted by molar-refractivity contribution is 5.73. The normalized spacial score (nSPS) is 18.6. The van der Waals surface area contributed by atoms with Gasteiger partial charge in [0.1, 0.15) is 17.3 Å². The summed E-state index contributed by atoms with van der Waals surface area (Å²) < 4.78 is 13.8. The lowest BCUT2D eigenvalue weighted by atomic mass is 9.92. The standard InChI is InChI=1S/C22H24FN7O/c1-13-8-17(9-20(23)26-13)27-21-10-18(19-11-24-6-7-25-19)28-22(29-21)16-5-4-14(2)30(12-16)15(3)31/h6-11,14,16H,4-5,12H2,1-3H3,(H,26,27,28,29)/t14-,16+/m0/s1. The third-order valence-electron chi connectivity index (χ3n) is 5.42. The van der Waals surface area contributed by atoms with E-state index in [9.17, 15) is 9.18 Å². The van der Waals surface area contributed by atoms with Crippen LogP contribution in [0.5, 0.6) is 0 Å². The lowest BCUT2D eigenvalue weighted by Crippen LogP contribution is -2.44. The summed E-state index contributed by atoms with van der Waals surface area (Å²) in [6, 6.07) is 5.01. The van der Waals surface area contributed by atoms with Gasteiger partial charge in [0.2, 0.25) is 11.9 Å². The Balaban J connectivity index is 1.72. The number of carbonyl (C=O) groups is 1. The van der Waals surface area contributed by atoms with Crippen molar-refractivity contribution in [3.63, 3.8) is 0 Å². The van der Waals surface area contributed by atoms with Crippen LogP contribution in [0, 0.1) is 12.9 Å². The van der Waals surface area contributed by atoms with Gasteiger partial charge in [-0.05, 0) is 32.8 Å². The lowest BCUT2D eigenvalue weighted by molar-refractivity contribution is -0.132. The lowest BCUT2D eigenvalue weighted by Gasteiger charge is -2.37. The molecule has 1 saturated heterocycles. The van der Waals surface area contributed by atoms with Gasteiger partial charge in [0, 0.05) is 61.3 Å².